The van der Waals surface area contributed by atoms with Gasteiger partial charge in [0.2, 0.25) is 0 Å². The van der Waals surface area contributed by atoms with Crippen LogP contribution < -0.4 is 0 Å². The Balaban J connectivity index is 2.37. The van der Waals surface area contributed by atoms with Crippen LogP contribution in [0.15, 0.2) is 48.5 Å². The summed E-state index contributed by atoms with van der Waals surface area (Å²) in [5.74, 6) is -1.05. The highest BCUT2D eigenvalue weighted by atomic mass is 16.3. The van der Waals surface area contributed by atoms with Gasteiger partial charge in [-0.05, 0) is 35.4 Å². The summed E-state index contributed by atoms with van der Waals surface area (Å²) in [5.41, 5.74) is 1.31. The van der Waals surface area contributed by atoms with Crippen LogP contribution in [0.5, 0.6) is 11.5 Å². The zero-order valence-electron chi connectivity index (χ0n) is 10.6. The van der Waals surface area contributed by atoms with Crippen LogP contribution in [0, 0.1) is 0 Å². The molecule has 0 radical (unpaired) electrons. The van der Waals surface area contributed by atoms with Gasteiger partial charge in [-0.25, -0.2) is 0 Å². The quantitative estimate of drug-likeness (QED) is 0.818. The molecule has 0 fully saturated rings. The maximum atomic E-state index is 11.4. The smallest absolute Gasteiger partial charge is 0.128 e. The Morgan fingerprint density at radius 2 is 0.950 bits per heavy atom. The molecule has 0 aliphatic heterocycles. The van der Waals surface area contributed by atoms with E-state index in [0.29, 0.717) is 11.1 Å². The number of carbonyl (C=O) groups is 2. The van der Waals surface area contributed by atoms with Crippen LogP contribution in [0.4, 0.5) is 0 Å². The van der Waals surface area contributed by atoms with E-state index in [4.69, 9.17) is 0 Å². The van der Waals surface area contributed by atoms with E-state index in [1.807, 2.05) is 0 Å². The van der Waals surface area contributed by atoms with Crippen LogP contribution in [0.2, 0.25) is 0 Å². The number of phenols is 2. The van der Waals surface area contributed by atoms with Gasteiger partial charge < -0.3 is 19.8 Å². The van der Waals surface area contributed by atoms with E-state index in [-0.39, 0.29) is 11.5 Å². The molecule has 2 aromatic carbocycles. The van der Waals surface area contributed by atoms with Gasteiger partial charge in [-0.1, -0.05) is 24.3 Å². The summed E-state index contributed by atoms with van der Waals surface area (Å²) < 4.78 is 0. The molecule has 2 unspecified atom stereocenters. The second-order valence-corrected chi connectivity index (χ2v) is 4.51. The van der Waals surface area contributed by atoms with Crippen molar-refractivity contribution < 1.29 is 19.8 Å². The molecule has 2 aromatic rings. The fraction of sp³-hybridized carbons (Fsp3) is 0.125. The Morgan fingerprint density at radius 3 is 1.20 bits per heavy atom. The largest absolute Gasteiger partial charge is 0.508 e. The van der Waals surface area contributed by atoms with Crippen LogP contribution >= 0.6 is 0 Å². The van der Waals surface area contributed by atoms with Gasteiger partial charge in [0, 0.05) is 0 Å². The molecule has 0 aliphatic carbocycles. The number of phenolic OH excluding ortho intramolecular Hbond substituents is 2. The van der Waals surface area contributed by atoms with E-state index >= 15 is 0 Å². The summed E-state index contributed by atoms with van der Waals surface area (Å²) in [6.07, 6.45) is 1.44. The summed E-state index contributed by atoms with van der Waals surface area (Å²) in [6.45, 7) is 0. The Bertz CT molecular complexity index is 531. The predicted molar refractivity (Wildman–Crippen MR) is 73.8 cm³/mol. The number of benzene rings is 2. The van der Waals surface area contributed by atoms with Gasteiger partial charge in [-0.2, -0.15) is 0 Å². The number of rotatable bonds is 5. The van der Waals surface area contributed by atoms with Crippen LogP contribution in [0.1, 0.15) is 23.0 Å². The summed E-state index contributed by atoms with van der Waals surface area (Å²) in [5, 5.41) is 18.5. The molecular weight excluding hydrogens is 256 g/mol. The van der Waals surface area contributed by atoms with E-state index in [0.717, 1.165) is 12.6 Å². The third-order valence-electron chi connectivity index (χ3n) is 3.24. The second-order valence-electron chi connectivity index (χ2n) is 4.51. The standard InChI is InChI=1S/C16H14O4/c17-9-15(11-1-5-13(19)6-2-11)16(10-18)12-3-7-14(20)8-4-12/h1-10,15-16,19-20H. The minimum atomic E-state index is -0.627. The molecule has 0 saturated carbocycles. The lowest BCUT2D eigenvalue weighted by Gasteiger charge is -2.18. The highest BCUT2D eigenvalue weighted by Gasteiger charge is 2.24. The van der Waals surface area contributed by atoms with Crippen molar-refractivity contribution in [1.29, 1.82) is 0 Å². The summed E-state index contributed by atoms with van der Waals surface area (Å²) in [7, 11) is 0. The van der Waals surface area contributed by atoms with E-state index in [9.17, 15) is 19.8 Å². The molecule has 0 amide bonds. The second kappa shape index (κ2) is 6.02. The maximum absolute atomic E-state index is 11.4. The number of hydrogen-bond acceptors (Lipinski definition) is 4. The van der Waals surface area contributed by atoms with Gasteiger partial charge in [0.25, 0.3) is 0 Å². The molecule has 4 nitrogen and oxygen atoms in total. The lowest BCUT2D eigenvalue weighted by Crippen LogP contribution is -2.14. The molecule has 102 valence electrons. The van der Waals surface area contributed by atoms with Crippen LogP contribution in [0.3, 0.4) is 0 Å². The van der Waals surface area contributed by atoms with Crippen molar-refractivity contribution in [2.24, 2.45) is 0 Å². The zero-order chi connectivity index (χ0) is 14.5. The van der Waals surface area contributed by atoms with Gasteiger partial charge in [0.1, 0.15) is 24.1 Å². The lowest BCUT2D eigenvalue weighted by molar-refractivity contribution is -0.114. The minimum absolute atomic E-state index is 0.102. The third kappa shape index (κ3) is 2.85. The van der Waals surface area contributed by atoms with Crippen molar-refractivity contribution in [3.63, 3.8) is 0 Å². The van der Waals surface area contributed by atoms with Crippen molar-refractivity contribution >= 4 is 12.6 Å². The lowest BCUT2D eigenvalue weighted by atomic mass is 9.83. The first kappa shape index (κ1) is 13.8. The van der Waals surface area contributed by atoms with E-state index in [2.05, 4.69) is 0 Å². The average molecular weight is 270 g/mol. The van der Waals surface area contributed by atoms with Gasteiger partial charge in [-0.3, -0.25) is 0 Å². The van der Waals surface area contributed by atoms with Crippen LogP contribution in [-0.2, 0) is 9.59 Å². The number of hydrogen-bond donors (Lipinski definition) is 2. The van der Waals surface area contributed by atoms with Gasteiger partial charge in [0.15, 0.2) is 0 Å². The monoisotopic (exact) mass is 270 g/mol. The average Bonchev–Trinajstić information content (AvgIpc) is 2.47. The molecule has 20 heavy (non-hydrogen) atoms. The minimum Gasteiger partial charge on any atom is -0.508 e. The fourth-order valence-electron chi connectivity index (χ4n) is 2.13. The molecule has 2 atom stereocenters. The third-order valence-corrected chi connectivity index (χ3v) is 3.24. The number of aromatic hydroxyl groups is 2. The first-order valence-electron chi connectivity index (χ1n) is 6.14. The van der Waals surface area contributed by atoms with Gasteiger partial charge in [-0.15, -0.1) is 0 Å². The maximum Gasteiger partial charge on any atom is 0.128 e. The molecule has 0 aliphatic rings. The summed E-state index contributed by atoms with van der Waals surface area (Å²) in [6, 6.07) is 12.4. The SMILES string of the molecule is O=CC(c1ccc(O)cc1)C(C=O)c1ccc(O)cc1. The number of aldehydes is 2. The molecule has 2 N–H and O–H groups in total. The van der Waals surface area contributed by atoms with Gasteiger partial charge in [0.05, 0.1) is 11.8 Å². The Morgan fingerprint density at radius 1 is 0.650 bits per heavy atom. The van der Waals surface area contributed by atoms with Crippen LogP contribution in [-0.4, -0.2) is 22.8 Å². The summed E-state index contributed by atoms with van der Waals surface area (Å²) >= 11 is 0. The summed E-state index contributed by atoms with van der Waals surface area (Å²) in [4.78, 5) is 22.7. The first-order chi connectivity index (χ1) is 9.65. The molecule has 0 heterocycles. The van der Waals surface area contributed by atoms with Crippen molar-refractivity contribution in [2.45, 2.75) is 11.8 Å². The van der Waals surface area contributed by atoms with Crippen molar-refractivity contribution in [2.75, 3.05) is 0 Å². The molecule has 0 spiro atoms. The first-order valence-corrected chi connectivity index (χ1v) is 6.14. The molecule has 2 rings (SSSR count). The van der Waals surface area contributed by atoms with Crippen molar-refractivity contribution in [3.05, 3.63) is 59.7 Å². The number of carbonyl (C=O) groups excluding carboxylic acids is 2. The fourth-order valence-corrected chi connectivity index (χ4v) is 2.13. The zero-order valence-corrected chi connectivity index (χ0v) is 10.6. The van der Waals surface area contributed by atoms with Crippen molar-refractivity contribution in [3.8, 4) is 11.5 Å². The highest BCUT2D eigenvalue weighted by molar-refractivity contribution is 5.76. The van der Waals surface area contributed by atoms with Gasteiger partial charge >= 0.3 is 0 Å². The van der Waals surface area contributed by atoms with E-state index < -0.39 is 11.8 Å². The molecule has 4 heteroatoms. The highest BCUT2D eigenvalue weighted by Crippen LogP contribution is 2.31. The topological polar surface area (TPSA) is 74.6 Å². The molecule has 0 aromatic heterocycles. The predicted octanol–water partition coefficient (Wildman–Crippen LogP) is 2.36. The normalized spacial score (nSPS) is 13.4. The van der Waals surface area contributed by atoms with Crippen molar-refractivity contribution in [1.82, 2.24) is 0 Å². The molecule has 0 saturated heterocycles. The van der Waals surface area contributed by atoms with Crippen LogP contribution in [0.25, 0.3) is 0 Å². The Kier molecular flexibility index (Phi) is 4.15. The van der Waals surface area contributed by atoms with E-state index in [1.54, 1.807) is 24.3 Å². The molecular formula is C16H14O4. The Labute approximate surface area is 116 Å². The van der Waals surface area contributed by atoms with E-state index in [1.165, 1.54) is 24.3 Å². The Hall–Kier alpha value is -2.62. The molecule has 0 bridgehead atoms.